The van der Waals surface area contributed by atoms with Crippen LogP contribution >= 0.6 is 0 Å². The summed E-state index contributed by atoms with van der Waals surface area (Å²) in [7, 11) is 0. The topological polar surface area (TPSA) is 41.1 Å². The highest BCUT2D eigenvalue weighted by molar-refractivity contribution is 5.99. The first-order chi connectivity index (χ1) is 8.44. The molecule has 0 aliphatic rings. The number of rotatable bonds is 5. The van der Waals surface area contributed by atoms with E-state index in [9.17, 15) is 18.0 Å². The van der Waals surface area contributed by atoms with Gasteiger partial charge in [-0.3, -0.25) is 4.79 Å². The number of benzene rings is 1. The molecule has 0 saturated carbocycles. The summed E-state index contributed by atoms with van der Waals surface area (Å²) in [5.41, 5.74) is 0.964. The average molecular weight is 260 g/mol. The van der Waals surface area contributed by atoms with Gasteiger partial charge in [0.25, 0.3) is 5.91 Å². The van der Waals surface area contributed by atoms with Gasteiger partial charge in [-0.25, -0.2) is 0 Å². The van der Waals surface area contributed by atoms with Gasteiger partial charge < -0.3 is 10.6 Å². The maximum Gasteiger partial charge on any atom is 0.390 e. The van der Waals surface area contributed by atoms with E-state index in [4.69, 9.17) is 0 Å². The third-order valence-electron chi connectivity index (χ3n) is 2.23. The van der Waals surface area contributed by atoms with E-state index in [1.54, 1.807) is 24.3 Å². The van der Waals surface area contributed by atoms with Crippen LogP contribution in [-0.2, 0) is 0 Å². The number of carbonyl (C=O) groups excluding carboxylic acids is 1. The van der Waals surface area contributed by atoms with Gasteiger partial charge in [-0.05, 0) is 19.1 Å². The van der Waals surface area contributed by atoms with E-state index in [2.05, 4.69) is 10.6 Å². The van der Waals surface area contributed by atoms with Crippen molar-refractivity contribution >= 4 is 11.6 Å². The summed E-state index contributed by atoms with van der Waals surface area (Å²) >= 11 is 0. The molecule has 0 heterocycles. The zero-order valence-electron chi connectivity index (χ0n) is 9.97. The second-order valence-electron chi connectivity index (χ2n) is 3.70. The molecule has 6 heteroatoms. The first-order valence-corrected chi connectivity index (χ1v) is 5.62. The Balaban J connectivity index is 2.61. The molecule has 0 radical (unpaired) electrons. The minimum Gasteiger partial charge on any atom is -0.385 e. The molecule has 1 aromatic carbocycles. The largest absolute Gasteiger partial charge is 0.390 e. The maximum absolute atomic E-state index is 11.9. The lowest BCUT2D eigenvalue weighted by Crippen LogP contribution is -2.28. The maximum atomic E-state index is 11.9. The molecule has 0 aliphatic carbocycles. The highest BCUT2D eigenvalue weighted by atomic mass is 19.4. The third-order valence-corrected chi connectivity index (χ3v) is 2.23. The second-order valence-corrected chi connectivity index (χ2v) is 3.70. The number of alkyl halides is 3. The van der Waals surface area contributed by atoms with Crippen molar-refractivity contribution in [2.24, 2.45) is 0 Å². The number of nitrogens with one attached hydrogen (secondary N) is 2. The van der Waals surface area contributed by atoms with Crippen molar-refractivity contribution in [1.82, 2.24) is 5.32 Å². The monoisotopic (exact) mass is 260 g/mol. The van der Waals surface area contributed by atoms with Crippen molar-refractivity contribution in [3.8, 4) is 0 Å². The number of halogens is 3. The Morgan fingerprint density at radius 2 is 1.94 bits per heavy atom. The SMILES string of the molecule is CCNc1ccccc1C(=O)NCCC(F)(F)F. The van der Waals surface area contributed by atoms with E-state index < -0.39 is 25.0 Å². The number of amides is 1. The van der Waals surface area contributed by atoms with Crippen LogP contribution in [0.1, 0.15) is 23.7 Å². The van der Waals surface area contributed by atoms with Crippen molar-refractivity contribution < 1.29 is 18.0 Å². The van der Waals surface area contributed by atoms with E-state index in [1.807, 2.05) is 6.92 Å². The van der Waals surface area contributed by atoms with Crippen molar-refractivity contribution in [2.75, 3.05) is 18.4 Å². The van der Waals surface area contributed by atoms with Crippen LogP contribution in [0.4, 0.5) is 18.9 Å². The number of hydrogen-bond acceptors (Lipinski definition) is 2. The lowest BCUT2D eigenvalue weighted by Gasteiger charge is -2.11. The summed E-state index contributed by atoms with van der Waals surface area (Å²) in [6, 6.07) is 6.70. The van der Waals surface area contributed by atoms with E-state index in [0.29, 0.717) is 17.8 Å². The molecule has 0 spiro atoms. The van der Waals surface area contributed by atoms with Gasteiger partial charge in [-0.15, -0.1) is 0 Å². The highest BCUT2D eigenvalue weighted by Gasteiger charge is 2.26. The molecule has 0 aliphatic heterocycles. The molecule has 2 N–H and O–H groups in total. The summed E-state index contributed by atoms with van der Waals surface area (Å²) in [6.07, 6.45) is -5.28. The van der Waals surface area contributed by atoms with Crippen molar-refractivity contribution in [2.45, 2.75) is 19.5 Å². The predicted octanol–water partition coefficient (Wildman–Crippen LogP) is 2.80. The molecule has 18 heavy (non-hydrogen) atoms. The molecular weight excluding hydrogens is 245 g/mol. The summed E-state index contributed by atoms with van der Waals surface area (Å²) < 4.78 is 35.8. The summed E-state index contributed by atoms with van der Waals surface area (Å²) in [5, 5.41) is 5.24. The van der Waals surface area contributed by atoms with Crippen LogP contribution in [-0.4, -0.2) is 25.2 Å². The molecule has 0 atom stereocenters. The minimum atomic E-state index is -4.26. The normalized spacial score (nSPS) is 11.1. The molecule has 0 fully saturated rings. The smallest absolute Gasteiger partial charge is 0.385 e. The highest BCUT2D eigenvalue weighted by Crippen LogP contribution is 2.19. The molecule has 1 aromatic rings. The zero-order chi connectivity index (χ0) is 13.6. The van der Waals surface area contributed by atoms with Gasteiger partial charge in [0.1, 0.15) is 0 Å². The number of hydrogen-bond donors (Lipinski definition) is 2. The van der Waals surface area contributed by atoms with E-state index in [0.717, 1.165) is 0 Å². The van der Waals surface area contributed by atoms with Crippen molar-refractivity contribution in [1.29, 1.82) is 0 Å². The van der Waals surface area contributed by atoms with Gasteiger partial charge in [-0.1, -0.05) is 12.1 Å². The Kier molecular flexibility index (Phi) is 5.00. The fourth-order valence-corrected chi connectivity index (χ4v) is 1.44. The van der Waals surface area contributed by atoms with Crippen LogP contribution < -0.4 is 10.6 Å². The minimum absolute atomic E-state index is 0.349. The van der Waals surface area contributed by atoms with E-state index in [1.165, 1.54) is 0 Å². The number of para-hydroxylation sites is 1. The van der Waals surface area contributed by atoms with Gasteiger partial charge in [-0.2, -0.15) is 13.2 Å². The molecule has 1 amide bonds. The van der Waals surface area contributed by atoms with Crippen molar-refractivity contribution in [3.05, 3.63) is 29.8 Å². The molecule has 1 rings (SSSR count). The van der Waals surface area contributed by atoms with Gasteiger partial charge in [0.05, 0.1) is 12.0 Å². The number of carbonyl (C=O) groups is 1. The standard InChI is InChI=1S/C12H15F3N2O/c1-2-16-10-6-4-3-5-9(10)11(18)17-8-7-12(13,14)15/h3-6,16H,2,7-8H2,1H3,(H,17,18). The van der Waals surface area contributed by atoms with Crippen LogP contribution in [0.2, 0.25) is 0 Å². The van der Waals surface area contributed by atoms with Crippen LogP contribution in [0.25, 0.3) is 0 Å². The van der Waals surface area contributed by atoms with E-state index >= 15 is 0 Å². The van der Waals surface area contributed by atoms with Crippen LogP contribution in [0.15, 0.2) is 24.3 Å². The van der Waals surface area contributed by atoms with Gasteiger partial charge >= 0.3 is 6.18 Å². The molecular formula is C12H15F3N2O. The second kappa shape index (κ2) is 6.28. The lowest BCUT2D eigenvalue weighted by atomic mass is 10.1. The Hall–Kier alpha value is -1.72. The number of anilines is 1. The predicted molar refractivity (Wildman–Crippen MR) is 63.6 cm³/mol. The summed E-state index contributed by atoms with van der Waals surface area (Å²) in [5.74, 6) is -0.504. The average Bonchev–Trinajstić information content (AvgIpc) is 2.28. The summed E-state index contributed by atoms with van der Waals surface area (Å²) in [4.78, 5) is 11.7. The Morgan fingerprint density at radius 3 is 2.56 bits per heavy atom. The fourth-order valence-electron chi connectivity index (χ4n) is 1.44. The molecule has 3 nitrogen and oxygen atoms in total. The molecule has 0 aromatic heterocycles. The van der Waals surface area contributed by atoms with Gasteiger partial charge in [0, 0.05) is 18.8 Å². The molecule has 0 unspecified atom stereocenters. The van der Waals surface area contributed by atoms with Crippen LogP contribution in [0.3, 0.4) is 0 Å². The molecule has 0 saturated heterocycles. The zero-order valence-corrected chi connectivity index (χ0v) is 9.97. The quantitative estimate of drug-likeness (QED) is 0.854. The van der Waals surface area contributed by atoms with Crippen LogP contribution in [0.5, 0.6) is 0 Å². The van der Waals surface area contributed by atoms with E-state index in [-0.39, 0.29) is 0 Å². The van der Waals surface area contributed by atoms with Gasteiger partial charge in [0.15, 0.2) is 0 Å². The molecule has 0 bridgehead atoms. The Labute approximate surface area is 103 Å². The first-order valence-electron chi connectivity index (χ1n) is 5.62. The Morgan fingerprint density at radius 1 is 1.28 bits per heavy atom. The molecule has 100 valence electrons. The first kappa shape index (κ1) is 14.3. The third kappa shape index (κ3) is 4.65. The van der Waals surface area contributed by atoms with Crippen molar-refractivity contribution in [3.63, 3.8) is 0 Å². The lowest BCUT2D eigenvalue weighted by molar-refractivity contribution is -0.132. The Bertz CT molecular complexity index is 405. The van der Waals surface area contributed by atoms with Gasteiger partial charge in [0.2, 0.25) is 0 Å². The van der Waals surface area contributed by atoms with Crippen LogP contribution in [0, 0.1) is 0 Å². The fraction of sp³-hybridized carbons (Fsp3) is 0.417. The summed E-state index contributed by atoms with van der Waals surface area (Å²) in [6.45, 7) is 2.09.